The van der Waals surface area contributed by atoms with Crippen molar-refractivity contribution in [2.75, 3.05) is 26.2 Å². The van der Waals surface area contributed by atoms with Crippen molar-refractivity contribution >= 4 is 15.9 Å². The second kappa shape index (κ2) is 8.32. The zero-order valence-electron chi connectivity index (χ0n) is 18.1. The van der Waals surface area contributed by atoms with Crippen LogP contribution in [0.25, 0.3) is 5.69 Å². The average molecular weight is 438 g/mol. The number of aromatic nitrogens is 1. The molecule has 1 aliphatic rings. The molecule has 0 aliphatic carbocycles. The van der Waals surface area contributed by atoms with E-state index in [1.807, 2.05) is 86.3 Å². The Labute approximate surface area is 183 Å². The lowest BCUT2D eigenvalue weighted by Gasteiger charge is -2.34. The Kier molecular flexibility index (Phi) is 5.73. The van der Waals surface area contributed by atoms with Crippen LogP contribution in [0.2, 0.25) is 0 Å². The third-order valence-electron chi connectivity index (χ3n) is 5.75. The molecule has 1 fully saturated rings. The first-order valence-electron chi connectivity index (χ1n) is 10.4. The molecule has 31 heavy (non-hydrogen) atoms. The van der Waals surface area contributed by atoms with Crippen LogP contribution in [-0.4, -0.2) is 54.3 Å². The first-order valence-corrected chi connectivity index (χ1v) is 11.8. The summed E-state index contributed by atoms with van der Waals surface area (Å²) < 4.78 is 30.0. The van der Waals surface area contributed by atoms with Crippen LogP contribution >= 0.6 is 0 Å². The van der Waals surface area contributed by atoms with Gasteiger partial charge in [-0.1, -0.05) is 17.7 Å². The topological polar surface area (TPSA) is 62.6 Å². The molecule has 162 valence electrons. The Bertz CT molecular complexity index is 1170. The van der Waals surface area contributed by atoms with E-state index in [1.54, 1.807) is 4.90 Å². The summed E-state index contributed by atoms with van der Waals surface area (Å²) in [6.07, 6.45) is 3.90. The van der Waals surface area contributed by atoms with Gasteiger partial charge in [-0.25, -0.2) is 8.42 Å². The van der Waals surface area contributed by atoms with Crippen LogP contribution in [0.3, 0.4) is 0 Å². The van der Waals surface area contributed by atoms with Crippen molar-refractivity contribution < 1.29 is 13.2 Å². The smallest absolute Gasteiger partial charge is 0.253 e. The summed E-state index contributed by atoms with van der Waals surface area (Å²) in [6.45, 7) is 6.98. The quantitative estimate of drug-likeness (QED) is 0.627. The van der Waals surface area contributed by atoms with Gasteiger partial charge in [-0.2, -0.15) is 4.31 Å². The summed E-state index contributed by atoms with van der Waals surface area (Å²) in [7, 11) is -3.59. The molecule has 3 aromatic rings. The van der Waals surface area contributed by atoms with Gasteiger partial charge < -0.3 is 9.47 Å². The van der Waals surface area contributed by atoms with Crippen molar-refractivity contribution in [1.29, 1.82) is 0 Å². The predicted octanol–water partition coefficient (Wildman–Crippen LogP) is 3.55. The summed E-state index contributed by atoms with van der Waals surface area (Å²) in [5.74, 6) is -0.0706. The van der Waals surface area contributed by atoms with Crippen molar-refractivity contribution in [3.8, 4) is 5.69 Å². The zero-order valence-corrected chi connectivity index (χ0v) is 18.9. The van der Waals surface area contributed by atoms with Crippen LogP contribution in [0.15, 0.2) is 65.8 Å². The summed E-state index contributed by atoms with van der Waals surface area (Å²) in [5.41, 5.74) is 4.17. The van der Waals surface area contributed by atoms with E-state index in [2.05, 4.69) is 0 Å². The van der Waals surface area contributed by atoms with E-state index >= 15 is 0 Å². The number of aryl methyl sites for hydroxylation is 3. The Morgan fingerprint density at radius 3 is 1.94 bits per heavy atom. The number of hydrogen-bond donors (Lipinski definition) is 0. The molecular weight excluding hydrogens is 410 g/mol. The molecule has 0 bridgehead atoms. The van der Waals surface area contributed by atoms with Crippen LogP contribution in [0.1, 0.15) is 27.0 Å². The average Bonchev–Trinajstić information content (AvgIpc) is 3.27. The van der Waals surface area contributed by atoms with Gasteiger partial charge in [0.15, 0.2) is 0 Å². The molecule has 1 aromatic heterocycles. The van der Waals surface area contributed by atoms with Crippen molar-refractivity contribution in [2.24, 2.45) is 0 Å². The number of piperazine rings is 1. The fraction of sp³-hybridized carbons (Fsp3) is 0.292. The highest BCUT2D eigenvalue weighted by atomic mass is 32.2. The number of carbonyl (C=O) groups is 1. The highest BCUT2D eigenvalue weighted by Crippen LogP contribution is 2.26. The third kappa shape index (κ3) is 4.16. The Morgan fingerprint density at radius 1 is 0.839 bits per heavy atom. The van der Waals surface area contributed by atoms with Gasteiger partial charge in [0.2, 0.25) is 10.0 Å². The highest BCUT2D eigenvalue weighted by Gasteiger charge is 2.32. The van der Waals surface area contributed by atoms with Crippen LogP contribution in [0, 0.1) is 20.8 Å². The highest BCUT2D eigenvalue weighted by molar-refractivity contribution is 7.89. The lowest BCUT2D eigenvalue weighted by Crippen LogP contribution is -2.50. The van der Waals surface area contributed by atoms with Gasteiger partial charge in [-0.05, 0) is 68.3 Å². The van der Waals surface area contributed by atoms with Crippen LogP contribution in [0.4, 0.5) is 0 Å². The van der Waals surface area contributed by atoms with Crippen LogP contribution in [0.5, 0.6) is 0 Å². The molecule has 1 saturated heterocycles. The standard InChI is InChI=1S/C24H27N3O3S/c1-18-16-19(2)23(20(3)17-18)31(29,30)27-14-12-26(13-15-27)24(28)21-6-8-22(9-7-21)25-10-4-5-11-25/h4-11,16-17H,12-15H2,1-3H3. The number of nitrogens with zero attached hydrogens (tertiary/aromatic N) is 3. The van der Waals surface area contributed by atoms with E-state index in [4.69, 9.17) is 0 Å². The molecule has 0 unspecified atom stereocenters. The summed E-state index contributed by atoms with van der Waals surface area (Å²) in [4.78, 5) is 15.0. The first kappa shape index (κ1) is 21.3. The summed E-state index contributed by atoms with van der Waals surface area (Å²) in [5, 5.41) is 0. The number of sulfonamides is 1. The molecular formula is C24H27N3O3S. The van der Waals surface area contributed by atoms with Gasteiger partial charge in [-0.3, -0.25) is 4.79 Å². The van der Waals surface area contributed by atoms with Gasteiger partial charge in [0.25, 0.3) is 5.91 Å². The maximum absolute atomic E-state index is 13.3. The molecule has 0 saturated carbocycles. The molecule has 0 N–H and O–H groups in total. The van der Waals surface area contributed by atoms with Gasteiger partial charge in [0.05, 0.1) is 4.90 Å². The van der Waals surface area contributed by atoms with Crippen molar-refractivity contribution in [1.82, 2.24) is 13.8 Å². The first-order chi connectivity index (χ1) is 14.8. The van der Waals surface area contributed by atoms with E-state index in [-0.39, 0.29) is 5.91 Å². The minimum absolute atomic E-state index is 0.0706. The lowest BCUT2D eigenvalue weighted by molar-refractivity contribution is 0.0698. The molecule has 0 spiro atoms. The van der Waals surface area contributed by atoms with E-state index in [0.29, 0.717) is 36.6 Å². The van der Waals surface area contributed by atoms with Gasteiger partial charge in [0.1, 0.15) is 0 Å². The van der Waals surface area contributed by atoms with E-state index in [9.17, 15) is 13.2 Å². The molecule has 1 aliphatic heterocycles. The van der Waals surface area contributed by atoms with Crippen molar-refractivity contribution in [3.63, 3.8) is 0 Å². The maximum Gasteiger partial charge on any atom is 0.253 e. The fourth-order valence-corrected chi connectivity index (χ4v) is 6.13. The normalized spacial score (nSPS) is 15.3. The monoisotopic (exact) mass is 437 g/mol. The number of rotatable bonds is 4. The molecule has 0 radical (unpaired) electrons. The SMILES string of the molecule is Cc1cc(C)c(S(=O)(=O)N2CCN(C(=O)c3ccc(-n4cccc4)cc3)CC2)c(C)c1. The Balaban J connectivity index is 1.45. The van der Waals surface area contributed by atoms with E-state index in [1.165, 1.54) is 4.31 Å². The molecule has 6 nitrogen and oxygen atoms in total. The maximum atomic E-state index is 13.3. The van der Waals surface area contributed by atoms with Gasteiger partial charge in [0, 0.05) is 49.8 Å². The number of hydrogen-bond acceptors (Lipinski definition) is 3. The minimum Gasteiger partial charge on any atom is -0.336 e. The van der Waals surface area contributed by atoms with Crippen LogP contribution < -0.4 is 0 Å². The third-order valence-corrected chi connectivity index (χ3v) is 7.95. The lowest BCUT2D eigenvalue weighted by atomic mass is 10.1. The van der Waals surface area contributed by atoms with Crippen molar-refractivity contribution in [2.45, 2.75) is 25.7 Å². The predicted molar refractivity (Wildman–Crippen MR) is 121 cm³/mol. The number of benzene rings is 2. The Morgan fingerprint density at radius 2 is 1.39 bits per heavy atom. The van der Waals surface area contributed by atoms with Crippen molar-refractivity contribution in [3.05, 3.63) is 83.2 Å². The molecule has 2 heterocycles. The molecule has 1 amide bonds. The molecule has 7 heteroatoms. The number of amides is 1. The van der Waals surface area contributed by atoms with Gasteiger partial charge >= 0.3 is 0 Å². The minimum atomic E-state index is -3.59. The number of carbonyl (C=O) groups excluding carboxylic acids is 1. The molecule has 0 atom stereocenters. The fourth-order valence-electron chi connectivity index (χ4n) is 4.30. The molecule has 4 rings (SSSR count). The zero-order chi connectivity index (χ0) is 22.2. The van der Waals surface area contributed by atoms with E-state index in [0.717, 1.165) is 22.4 Å². The second-order valence-corrected chi connectivity index (χ2v) is 9.94. The van der Waals surface area contributed by atoms with Crippen LogP contribution in [-0.2, 0) is 10.0 Å². The molecule has 2 aromatic carbocycles. The largest absolute Gasteiger partial charge is 0.336 e. The summed E-state index contributed by atoms with van der Waals surface area (Å²) >= 11 is 0. The Hall–Kier alpha value is -2.90. The van der Waals surface area contributed by atoms with Gasteiger partial charge in [-0.15, -0.1) is 0 Å². The summed E-state index contributed by atoms with van der Waals surface area (Å²) in [6, 6.07) is 15.2. The second-order valence-electron chi connectivity index (χ2n) is 8.06. The van der Waals surface area contributed by atoms with E-state index < -0.39 is 10.0 Å².